The first-order valence-corrected chi connectivity index (χ1v) is 8.30. The number of hydrogen-bond donors (Lipinski definition) is 1. The predicted molar refractivity (Wildman–Crippen MR) is 86.8 cm³/mol. The summed E-state index contributed by atoms with van der Waals surface area (Å²) >= 11 is 7.24. The smallest absolute Gasteiger partial charge is 0.0335 e. The van der Waals surface area contributed by atoms with E-state index in [4.69, 9.17) is 5.73 Å². The van der Waals surface area contributed by atoms with E-state index in [9.17, 15) is 0 Å². The van der Waals surface area contributed by atoms with Crippen LogP contribution in [-0.2, 0) is 0 Å². The van der Waals surface area contributed by atoms with E-state index in [-0.39, 0.29) is 6.04 Å². The normalized spacial score (nSPS) is 14.6. The van der Waals surface area contributed by atoms with Crippen LogP contribution in [-0.4, -0.2) is 0 Å². The molecule has 102 valence electrons. The molecule has 1 aromatic rings. The Morgan fingerprint density at radius 3 is 2.39 bits per heavy atom. The standard InChI is InChI=1S/C15H23Br2N/c1-4-6-7-11(5-2)15(18)12-9-13(16)10(3)8-14(12)17/h8-9,11,15H,4-7,18H2,1-3H3. The first kappa shape index (κ1) is 16.2. The van der Waals surface area contributed by atoms with Crippen molar-refractivity contribution < 1.29 is 0 Å². The van der Waals surface area contributed by atoms with E-state index in [1.54, 1.807) is 0 Å². The minimum atomic E-state index is 0.118. The average molecular weight is 377 g/mol. The number of hydrogen-bond acceptors (Lipinski definition) is 1. The Balaban J connectivity index is 2.94. The van der Waals surface area contributed by atoms with Crippen LogP contribution in [0.25, 0.3) is 0 Å². The van der Waals surface area contributed by atoms with E-state index in [1.165, 1.54) is 30.4 Å². The SMILES string of the molecule is CCCCC(CC)C(N)c1cc(Br)c(C)cc1Br. The van der Waals surface area contributed by atoms with Crippen LogP contribution in [0.1, 0.15) is 56.7 Å². The van der Waals surface area contributed by atoms with Crippen molar-refractivity contribution in [3.63, 3.8) is 0 Å². The Morgan fingerprint density at radius 2 is 1.83 bits per heavy atom. The maximum Gasteiger partial charge on any atom is 0.0335 e. The molecule has 0 radical (unpaired) electrons. The molecule has 0 aliphatic heterocycles. The molecule has 0 amide bonds. The molecule has 3 heteroatoms. The van der Waals surface area contributed by atoms with Crippen LogP contribution in [0.15, 0.2) is 21.1 Å². The second-order valence-electron chi connectivity index (χ2n) is 4.96. The largest absolute Gasteiger partial charge is 0.324 e. The van der Waals surface area contributed by atoms with Gasteiger partial charge in [0.25, 0.3) is 0 Å². The monoisotopic (exact) mass is 375 g/mol. The van der Waals surface area contributed by atoms with Crippen molar-refractivity contribution in [3.05, 3.63) is 32.2 Å². The van der Waals surface area contributed by atoms with Gasteiger partial charge in [-0.3, -0.25) is 0 Å². The van der Waals surface area contributed by atoms with E-state index < -0.39 is 0 Å². The van der Waals surface area contributed by atoms with Crippen LogP contribution in [0.4, 0.5) is 0 Å². The summed E-state index contributed by atoms with van der Waals surface area (Å²) in [6.45, 7) is 6.56. The molecule has 2 unspecified atom stereocenters. The number of aryl methyl sites for hydroxylation is 1. The number of rotatable bonds is 6. The zero-order valence-corrected chi connectivity index (χ0v) is 14.6. The van der Waals surface area contributed by atoms with Gasteiger partial charge in [-0.1, -0.05) is 65.0 Å². The van der Waals surface area contributed by atoms with E-state index in [1.807, 2.05) is 0 Å². The van der Waals surface area contributed by atoms with Gasteiger partial charge in [-0.15, -0.1) is 0 Å². The van der Waals surface area contributed by atoms with E-state index >= 15 is 0 Å². The molecule has 1 rings (SSSR count). The first-order chi connectivity index (χ1) is 8.51. The second-order valence-corrected chi connectivity index (χ2v) is 6.67. The van der Waals surface area contributed by atoms with Crippen LogP contribution in [0.3, 0.4) is 0 Å². The lowest BCUT2D eigenvalue weighted by molar-refractivity contribution is 0.377. The molecule has 2 N–H and O–H groups in total. The molecule has 0 bridgehead atoms. The summed E-state index contributed by atoms with van der Waals surface area (Å²) in [5, 5.41) is 0. The first-order valence-electron chi connectivity index (χ1n) is 6.72. The van der Waals surface area contributed by atoms with Crippen molar-refractivity contribution in [2.45, 2.75) is 52.5 Å². The molecule has 0 saturated carbocycles. The molecule has 0 fully saturated rings. The highest BCUT2D eigenvalue weighted by Gasteiger charge is 2.20. The number of benzene rings is 1. The molecule has 18 heavy (non-hydrogen) atoms. The van der Waals surface area contributed by atoms with E-state index in [2.05, 4.69) is 64.8 Å². The van der Waals surface area contributed by atoms with Gasteiger partial charge in [-0.05, 0) is 42.5 Å². The Hall–Kier alpha value is 0.140. The predicted octanol–water partition coefficient (Wildman–Crippen LogP) is 5.74. The molecule has 1 nitrogen and oxygen atoms in total. The third-order valence-corrected chi connectivity index (χ3v) is 5.14. The Labute approximate surface area is 128 Å². The molecule has 0 aliphatic carbocycles. The maximum atomic E-state index is 6.46. The summed E-state index contributed by atoms with van der Waals surface area (Å²) in [7, 11) is 0. The number of unbranched alkanes of at least 4 members (excludes halogenated alkanes) is 1. The molecular formula is C15H23Br2N. The molecule has 1 aromatic carbocycles. The highest BCUT2D eigenvalue weighted by Crippen LogP contribution is 2.34. The van der Waals surface area contributed by atoms with Gasteiger partial charge in [-0.2, -0.15) is 0 Å². The third kappa shape index (κ3) is 4.07. The fraction of sp³-hybridized carbons (Fsp3) is 0.600. The molecule has 2 atom stereocenters. The van der Waals surface area contributed by atoms with Crippen molar-refractivity contribution >= 4 is 31.9 Å². The molecule has 0 heterocycles. The lowest BCUT2D eigenvalue weighted by atomic mass is 9.87. The Morgan fingerprint density at radius 1 is 1.17 bits per heavy atom. The zero-order valence-electron chi connectivity index (χ0n) is 11.5. The van der Waals surface area contributed by atoms with Crippen LogP contribution in [0, 0.1) is 12.8 Å². The Bertz CT molecular complexity index is 390. The quantitative estimate of drug-likeness (QED) is 0.673. The second kappa shape index (κ2) is 7.66. The Kier molecular flexibility index (Phi) is 6.89. The van der Waals surface area contributed by atoms with Gasteiger partial charge in [0, 0.05) is 15.0 Å². The minimum Gasteiger partial charge on any atom is -0.324 e. The van der Waals surface area contributed by atoms with Gasteiger partial charge in [0.05, 0.1) is 0 Å². The molecule has 0 spiro atoms. The molecule has 0 aliphatic rings. The minimum absolute atomic E-state index is 0.118. The summed E-state index contributed by atoms with van der Waals surface area (Å²) in [6.07, 6.45) is 4.85. The van der Waals surface area contributed by atoms with Gasteiger partial charge < -0.3 is 5.73 Å². The number of halogens is 2. The highest BCUT2D eigenvalue weighted by atomic mass is 79.9. The lowest BCUT2D eigenvalue weighted by Gasteiger charge is -2.24. The summed E-state index contributed by atoms with van der Waals surface area (Å²) in [4.78, 5) is 0. The van der Waals surface area contributed by atoms with E-state index in [0.717, 1.165) is 15.4 Å². The van der Waals surface area contributed by atoms with Crippen LogP contribution >= 0.6 is 31.9 Å². The van der Waals surface area contributed by atoms with Gasteiger partial charge in [0.1, 0.15) is 0 Å². The zero-order chi connectivity index (χ0) is 13.7. The van der Waals surface area contributed by atoms with Crippen LogP contribution in [0.2, 0.25) is 0 Å². The van der Waals surface area contributed by atoms with Crippen molar-refractivity contribution in [1.29, 1.82) is 0 Å². The van der Waals surface area contributed by atoms with Crippen molar-refractivity contribution in [3.8, 4) is 0 Å². The summed E-state index contributed by atoms with van der Waals surface area (Å²) in [6, 6.07) is 4.43. The fourth-order valence-corrected chi connectivity index (χ4v) is 3.36. The topological polar surface area (TPSA) is 26.0 Å². The van der Waals surface area contributed by atoms with Crippen LogP contribution in [0.5, 0.6) is 0 Å². The molecule has 0 saturated heterocycles. The lowest BCUT2D eigenvalue weighted by Crippen LogP contribution is -2.21. The van der Waals surface area contributed by atoms with Gasteiger partial charge >= 0.3 is 0 Å². The van der Waals surface area contributed by atoms with E-state index in [0.29, 0.717) is 5.92 Å². The van der Waals surface area contributed by atoms with Crippen molar-refractivity contribution in [2.24, 2.45) is 11.7 Å². The van der Waals surface area contributed by atoms with Gasteiger partial charge in [-0.25, -0.2) is 0 Å². The van der Waals surface area contributed by atoms with Crippen molar-refractivity contribution in [1.82, 2.24) is 0 Å². The molecular weight excluding hydrogens is 354 g/mol. The average Bonchev–Trinajstić information content (AvgIpc) is 2.34. The van der Waals surface area contributed by atoms with Crippen molar-refractivity contribution in [2.75, 3.05) is 0 Å². The summed E-state index contributed by atoms with van der Waals surface area (Å²) < 4.78 is 2.27. The summed E-state index contributed by atoms with van der Waals surface area (Å²) in [5.41, 5.74) is 8.91. The van der Waals surface area contributed by atoms with Gasteiger partial charge in [0.2, 0.25) is 0 Å². The van der Waals surface area contributed by atoms with Crippen LogP contribution < -0.4 is 5.73 Å². The molecule has 0 aromatic heterocycles. The maximum absolute atomic E-state index is 6.46. The number of nitrogens with two attached hydrogens (primary N) is 1. The highest BCUT2D eigenvalue weighted by molar-refractivity contribution is 9.11. The van der Waals surface area contributed by atoms with Gasteiger partial charge in [0.15, 0.2) is 0 Å². The summed E-state index contributed by atoms with van der Waals surface area (Å²) in [5.74, 6) is 0.566. The fourth-order valence-electron chi connectivity index (χ4n) is 2.27. The third-order valence-electron chi connectivity index (χ3n) is 3.60.